The molecule has 2 aliphatic rings. The summed E-state index contributed by atoms with van der Waals surface area (Å²) < 4.78 is 0. The van der Waals surface area contributed by atoms with Gasteiger partial charge in [-0.05, 0) is 71.5 Å². The van der Waals surface area contributed by atoms with Crippen LogP contribution in [0.25, 0.3) is 0 Å². The Morgan fingerprint density at radius 1 is 1.06 bits per heavy atom. The van der Waals surface area contributed by atoms with E-state index in [0.717, 1.165) is 11.1 Å². The minimum absolute atomic E-state index is 0.0554. The average Bonchev–Trinajstić information content (AvgIpc) is 3.44. The molecule has 2 heterocycles. The van der Waals surface area contributed by atoms with Crippen LogP contribution in [0.15, 0.2) is 59.3 Å². The van der Waals surface area contributed by atoms with Gasteiger partial charge in [0.05, 0.1) is 5.56 Å². The first-order chi connectivity index (χ1) is 15.9. The van der Waals surface area contributed by atoms with Gasteiger partial charge in [0.15, 0.2) is 0 Å². The molecule has 2 amide bonds. The molecule has 1 aliphatic carbocycles. The molecule has 4 atom stereocenters. The van der Waals surface area contributed by atoms with E-state index in [2.05, 4.69) is 10.6 Å². The maximum Gasteiger partial charge on any atom is 0.252 e. The van der Waals surface area contributed by atoms with Gasteiger partial charge in [0, 0.05) is 32.9 Å². The van der Waals surface area contributed by atoms with Gasteiger partial charge in [0.2, 0.25) is 5.91 Å². The molecule has 3 aromatic rings. The summed E-state index contributed by atoms with van der Waals surface area (Å²) in [5.41, 5.74) is 1.64. The van der Waals surface area contributed by atoms with Crippen molar-refractivity contribution >= 4 is 58.0 Å². The fourth-order valence-corrected chi connectivity index (χ4v) is 6.77. The molecule has 2 N–H and O–H groups in total. The summed E-state index contributed by atoms with van der Waals surface area (Å²) in [4.78, 5) is 26.3. The zero-order valence-electron chi connectivity index (χ0n) is 17.5. The molecular formula is C25H21Cl3N2O2S. The topological polar surface area (TPSA) is 58.2 Å². The molecule has 0 unspecified atom stereocenters. The number of rotatable bonds is 4. The van der Waals surface area contributed by atoms with E-state index in [4.69, 9.17) is 34.8 Å². The third-order valence-corrected chi connectivity index (χ3v) is 8.47. The van der Waals surface area contributed by atoms with Gasteiger partial charge in [-0.3, -0.25) is 9.59 Å². The SMILES string of the molecule is O=C(N[C@@]12CC[C@@H](c3ccc(Cl)cc3Cl)[C@H](c3ccc(Cl)cc3)[C@@H]1CNC2=O)c1ccsc1. The number of hydrogen-bond donors (Lipinski definition) is 2. The Hall–Kier alpha value is -2.05. The molecule has 0 spiro atoms. The molecule has 2 fully saturated rings. The van der Waals surface area contributed by atoms with Crippen molar-refractivity contribution in [1.29, 1.82) is 0 Å². The number of carbonyl (C=O) groups excluding carboxylic acids is 2. The van der Waals surface area contributed by atoms with Gasteiger partial charge < -0.3 is 10.6 Å². The van der Waals surface area contributed by atoms with E-state index in [0.29, 0.717) is 40.0 Å². The molecule has 1 aromatic heterocycles. The van der Waals surface area contributed by atoms with Crippen LogP contribution in [0.2, 0.25) is 15.1 Å². The van der Waals surface area contributed by atoms with E-state index in [1.54, 1.807) is 17.5 Å². The molecule has 5 rings (SSSR count). The lowest BCUT2D eigenvalue weighted by molar-refractivity contribution is -0.126. The van der Waals surface area contributed by atoms with Crippen molar-refractivity contribution in [3.05, 3.63) is 91.0 Å². The standard InChI is InChI=1S/C25H21Cl3N2O2S/c26-16-3-1-14(2-4-16)22-19(18-6-5-17(27)11-21(18)28)7-9-25(20(22)12-29-24(25)32)30-23(31)15-8-10-33-13-15/h1-6,8,10-11,13,19-20,22H,7,9,12H2,(H,29,32)(H,30,31)/t19-,20-,22-,25-/m0/s1. The second-order valence-electron chi connectivity index (χ2n) is 8.64. The highest BCUT2D eigenvalue weighted by Crippen LogP contribution is 2.54. The fraction of sp³-hybridized carbons (Fsp3) is 0.280. The Morgan fingerprint density at radius 3 is 2.52 bits per heavy atom. The number of fused-ring (bicyclic) bond motifs is 1. The lowest BCUT2D eigenvalue weighted by atomic mass is 9.60. The number of carbonyl (C=O) groups is 2. The third kappa shape index (κ3) is 4.06. The van der Waals surface area contributed by atoms with Gasteiger partial charge in [-0.2, -0.15) is 11.3 Å². The van der Waals surface area contributed by atoms with Crippen molar-refractivity contribution in [2.75, 3.05) is 6.54 Å². The van der Waals surface area contributed by atoms with E-state index in [1.807, 2.05) is 41.8 Å². The van der Waals surface area contributed by atoms with Crippen LogP contribution in [0.1, 0.15) is 46.2 Å². The van der Waals surface area contributed by atoms with Gasteiger partial charge in [-0.1, -0.05) is 53.0 Å². The van der Waals surface area contributed by atoms with Crippen molar-refractivity contribution in [2.24, 2.45) is 5.92 Å². The Labute approximate surface area is 211 Å². The summed E-state index contributed by atoms with van der Waals surface area (Å²) in [5.74, 6) is -0.512. The molecule has 170 valence electrons. The summed E-state index contributed by atoms with van der Waals surface area (Å²) in [7, 11) is 0. The second-order valence-corrected chi connectivity index (χ2v) is 10.7. The Balaban J connectivity index is 1.59. The average molecular weight is 520 g/mol. The summed E-state index contributed by atoms with van der Waals surface area (Å²) in [5, 5.41) is 11.6. The highest BCUT2D eigenvalue weighted by molar-refractivity contribution is 7.08. The van der Waals surface area contributed by atoms with Crippen molar-refractivity contribution in [2.45, 2.75) is 30.2 Å². The highest BCUT2D eigenvalue weighted by atomic mass is 35.5. The Bertz CT molecular complexity index is 1200. The van der Waals surface area contributed by atoms with Gasteiger partial charge in [0.1, 0.15) is 5.54 Å². The maximum atomic E-state index is 13.2. The van der Waals surface area contributed by atoms with E-state index in [9.17, 15) is 9.59 Å². The Kier molecular flexibility index (Phi) is 6.17. The molecule has 1 saturated heterocycles. The second kappa shape index (κ2) is 8.95. The summed E-state index contributed by atoms with van der Waals surface area (Å²) in [6.07, 6.45) is 1.20. The maximum absolute atomic E-state index is 13.2. The summed E-state index contributed by atoms with van der Waals surface area (Å²) in [6, 6.07) is 15.1. The molecule has 1 saturated carbocycles. The first-order valence-corrected chi connectivity index (χ1v) is 12.8. The molecule has 33 heavy (non-hydrogen) atoms. The monoisotopic (exact) mass is 518 g/mol. The summed E-state index contributed by atoms with van der Waals surface area (Å²) in [6.45, 7) is 0.470. The number of halogens is 3. The smallest absolute Gasteiger partial charge is 0.252 e. The van der Waals surface area contributed by atoms with Gasteiger partial charge in [-0.25, -0.2) is 0 Å². The quantitative estimate of drug-likeness (QED) is 0.426. The first kappa shape index (κ1) is 22.7. The van der Waals surface area contributed by atoms with Crippen molar-refractivity contribution in [3.63, 3.8) is 0 Å². The predicted molar refractivity (Wildman–Crippen MR) is 134 cm³/mol. The van der Waals surface area contributed by atoms with Crippen LogP contribution in [0.4, 0.5) is 0 Å². The normalized spacial score (nSPS) is 26.5. The molecule has 0 radical (unpaired) electrons. The fourth-order valence-electron chi connectivity index (χ4n) is 5.46. The number of benzene rings is 2. The molecule has 4 nitrogen and oxygen atoms in total. The first-order valence-electron chi connectivity index (χ1n) is 10.7. The Morgan fingerprint density at radius 2 is 1.82 bits per heavy atom. The summed E-state index contributed by atoms with van der Waals surface area (Å²) >= 11 is 20.4. The van der Waals surface area contributed by atoms with E-state index in [1.165, 1.54) is 11.3 Å². The predicted octanol–water partition coefficient (Wildman–Crippen LogP) is 6.28. The number of nitrogens with one attached hydrogen (secondary N) is 2. The molecule has 8 heteroatoms. The zero-order valence-corrected chi connectivity index (χ0v) is 20.6. The van der Waals surface area contributed by atoms with Crippen LogP contribution in [0.3, 0.4) is 0 Å². The van der Waals surface area contributed by atoms with Crippen LogP contribution in [0, 0.1) is 5.92 Å². The number of hydrogen-bond acceptors (Lipinski definition) is 3. The number of thiophene rings is 1. The molecule has 0 bridgehead atoms. The molecular weight excluding hydrogens is 499 g/mol. The van der Waals surface area contributed by atoms with Gasteiger partial charge in [-0.15, -0.1) is 0 Å². The van der Waals surface area contributed by atoms with Gasteiger partial charge >= 0.3 is 0 Å². The number of amides is 2. The van der Waals surface area contributed by atoms with Gasteiger partial charge in [0.25, 0.3) is 5.91 Å². The third-order valence-electron chi connectivity index (χ3n) is 6.97. The molecule has 1 aliphatic heterocycles. The van der Waals surface area contributed by atoms with Crippen molar-refractivity contribution < 1.29 is 9.59 Å². The lowest BCUT2D eigenvalue weighted by Gasteiger charge is -2.46. The van der Waals surface area contributed by atoms with E-state index < -0.39 is 5.54 Å². The largest absolute Gasteiger partial charge is 0.354 e. The minimum atomic E-state index is -0.987. The van der Waals surface area contributed by atoms with Crippen LogP contribution in [-0.4, -0.2) is 23.9 Å². The zero-order chi connectivity index (χ0) is 23.2. The highest BCUT2D eigenvalue weighted by Gasteiger charge is 2.58. The molecule has 2 aromatic carbocycles. The lowest BCUT2D eigenvalue weighted by Crippen LogP contribution is -2.60. The van der Waals surface area contributed by atoms with Crippen LogP contribution in [-0.2, 0) is 4.79 Å². The van der Waals surface area contributed by atoms with Crippen LogP contribution >= 0.6 is 46.1 Å². The van der Waals surface area contributed by atoms with E-state index >= 15 is 0 Å². The van der Waals surface area contributed by atoms with Crippen LogP contribution in [0.5, 0.6) is 0 Å². The van der Waals surface area contributed by atoms with Crippen LogP contribution < -0.4 is 10.6 Å². The van der Waals surface area contributed by atoms with E-state index in [-0.39, 0.29) is 29.6 Å². The van der Waals surface area contributed by atoms with Crippen molar-refractivity contribution in [1.82, 2.24) is 10.6 Å². The van der Waals surface area contributed by atoms with Crippen molar-refractivity contribution in [3.8, 4) is 0 Å². The minimum Gasteiger partial charge on any atom is -0.354 e.